The number of carbonyl (C=O) groups is 1. The number of rotatable bonds is 9. The zero-order valence-corrected chi connectivity index (χ0v) is 11.4. The maximum atomic E-state index is 11.0. The highest BCUT2D eigenvalue weighted by Gasteiger charge is 2.21. The molecule has 0 aliphatic carbocycles. The van der Waals surface area contributed by atoms with Gasteiger partial charge in [-0.25, -0.2) is 4.79 Å². The minimum atomic E-state index is -0.870. The molecule has 1 saturated heterocycles. The highest BCUT2D eigenvalue weighted by atomic mass is 16.5. The molecule has 0 saturated carbocycles. The average molecular weight is 259 g/mol. The Morgan fingerprint density at radius 2 is 2.33 bits per heavy atom. The fourth-order valence-corrected chi connectivity index (χ4v) is 2.23. The van der Waals surface area contributed by atoms with Gasteiger partial charge in [-0.1, -0.05) is 6.92 Å². The number of hydrogen-bond acceptors (Lipinski definition) is 4. The van der Waals surface area contributed by atoms with Crippen molar-refractivity contribution in [2.75, 3.05) is 32.8 Å². The molecule has 2 atom stereocenters. The topological polar surface area (TPSA) is 59.0 Å². The van der Waals surface area contributed by atoms with Crippen molar-refractivity contribution in [3.8, 4) is 0 Å². The van der Waals surface area contributed by atoms with E-state index >= 15 is 0 Å². The summed E-state index contributed by atoms with van der Waals surface area (Å²) in [6.45, 7) is 7.76. The molecular weight excluding hydrogens is 234 g/mol. The summed E-state index contributed by atoms with van der Waals surface area (Å²) in [6, 6.07) is 0. The first-order valence-corrected chi connectivity index (χ1v) is 6.85. The zero-order valence-electron chi connectivity index (χ0n) is 11.4. The highest BCUT2D eigenvalue weighted by molar-refractivity contribution is 5.72. The van der Waals surface area contributed by atoms with Gasteiger partial charge in [0, 0.05) is 26.3 Å². The Morgan fingerprint density at radius 3 is 2.83 bits per heavy atom. The second-order valence-corrected chi connectivity index (χ2v) is 4.60. The van der Waals surface area contributed by atoms with Crippen LogP contribution in [0.4, 0.5) is 0 Å². The number of hydrogen-bond donors (Lipinski definition) is 1. The molecule has 0 aromatic heterocycles. The summed E-state index contributed by atoms with van der Waals surface area (Å²) in [5.74, 6) is -0.870. The molecule has 1 N–H and O–H groups in total. The Morgan fingerprint density at radius 1 is 1.56 bits per heavy atom. The van der Waals surface area contributed by atoms with E-state index in [1.54, 1.807) is 0 Å². The maximum Gasteiger partial charge on any atom is 0.332 e. The Bertz CT molecular complexity index is 241. The minimum Gasteiger partial charge on any atom is -0.479 e. The Balaban J connectivity index is 2.30. The Labute approximate surface area is 109 Å². The number of ether oxygens (including phenoxy) is 2. The molecule has 0 aromatic carbocycles. The molecule has 2 unspecified atom stereocenters. The second-order valence-electron chi connectivity index (χ2n) is 4.60. The fraction of sp³-hybridized carbons (Fsp3) is 0.923. The molecule has 0 aromatic rings. The average Bonchev–Trinajstić information content (AvgIpc) is 2.85. The van der Waals surface area contributed by atoms with Crippen LogP contribution in [0, 0.1) is 0 Å². The normalized spacial score (nSPS) is 21.4. The van der Waals surface area contributed by atoms with Crippen molar-refractivity contribution in [3.05, 3.63) is 0 Å². The van der Waals surface area contributed by atoms with Crippen molar-refractivity contribution in [1.82, 2.24) is 4.90 Å². The SMILES string of the molecule is CCOC(CCN(CC)CC1CCCO1)C(=O)O. The van der Waals surface area contributed by atoms with Gasteiger partial charge in [0.15, 0.2) is 6.10 Å². The summed E-state index contributed by atoms with van der Waals surface area (Å²) >= 11 is 0. The summed E-state index contributed by atoms with van der Waals surface area (Å²) in [4.78, 5) is 13.2. The van der Waals surface area contributed by atoms with E-state index in [0.29, 0.717) is 19.1 Å². The molecule has 0 spiro atoms. The number of likely N-dealkylation sites (N-methyl/N-ethyl adjacent to an activating group) is 1. The van der Waals surface area contributed by atoms with Gasteiger partial charge in [-0.15, -0.1) is 0 Å². The minimum absolute atomic E-state index is 0.320. The largest absolute Gasteiger partial charge is 0.479 e. The molecule has 1 fully saturated rings. The van der Waals surface area contributed by atoms with Crippen LogP contribution in [0.1, 0.15) is 33.1 Å². The van der Waals surface area contributed by atoms with E-state index in [9.17, 15) is 4.79 Å². The monoisotopic (exact) mass is 259 g/mol. The molecule has 1 aliphatic rings. The lowest BCUT2D eigenvalue weighted by atomic mass is 10.2. The summed E-state index contributed by atoms with van der Waals surface area (Å²) in [7, 11) is 0. The number of carboxylic acids is 1. The molecule has 0 radical (unpaired) electrons. The molecule has 0 amide bonds. The highest BCUT2D eigenvalue weighted by Crippen LogP contribution is 2.13. The molecule has 1 heterocycles. The van der Waals surface area contributed by atoms with Crippen LogP contribution in [0.15, 0.2) is 0 Å². The van der Waals surface area contributed by atoms with Crippen molar-refractivity contribution < 1.29 is 19.4 Å². The number of carboxylic acid groups (broad SMARTS) is 1. The van der Waals surface area contributed by atoms with Crippen molar-refractivity contribution >= 4 is 5.97 Å². The van der Waals surface area contributed by atoms with Gasteiger partial charge in [-0.2, -0.15) is 0 Å². The predicted octanol–water partition coefficient (Wildman–Crippen LogP) is 1.37. The molecule has 106 valence electrons. The summed E-state index contributed by atoms with van der Waals surface area (Å²) in [5, 5.41) is 9.01. The standard InChI is InChI=1S/C13H25NO4/c1-3-14(10-11-6-5-9-18-11)8-7-12(13(15)16)17-4-2/h11-12H,3-10H2,1-2H3,(H,15,16). The van der Waals surface area contributed by atoms with Crippen LogP contribution in [0.5, 0.6) is 0 Å². The maximum absolute atomic E-state index is 11.0. The van der Waals surface area contributed by atoms with Gasteiger partial charge < -0.3 is 19.5 Å². The first-order valence-electron chi connectivity index (χ1n) is 6.85. The molecule has 0 bridgehead atoms. The van der Waals surface area contributed by atoms with Gasteiger partial charge in [0.05, 0.1) is 6.10 Å². The Hall–Kier alpha value is -0.650. The lowest BCUT2D eigenvalue weighted by molar-refractivity contribution is -0.150. The molecule has 5 heteroatoms. The van der Waals surface area contributed by atoms with Crippen LogP contribution in [0.2, 0.25) is 0 Å². The van der Waals surface area contributed by atoms with Crippen molar-refractivity contribution in [2.24, 2.45) is 0 Å². The van der Waals surface area contributed by atoms with Gasteiger partial charge >= 0.3 is 5.97 Å². The smallest absolute Gasteiger partial charge is 0.332 e. The fourth-order valence-electron chi connectivity index (χ4n) is 2.23. The summed E-state index contributed by atoms with van der Waals surface area (Å²) < 4.78 is 10.8. The zero-order chi connectivity index (χ0) is 13.4. The third-order valence-electron chi connectivity index (χ3n) is 3.28. The summed E-state index contributed by atoms with van der Waals surface area (Å²) in [5.41, 5.74) is 0. The van der Waals surface area contributed by atoms with Crippen LogP contribution < -0.4 is 0 Å². The number of aliphatic carboxylic acids is 1. The molecule has 1 aliphatic heterocycles. The van der Waals surface area contributed by atoms with E-state index in [-0.39, 0.29) is 0 Å². The van der Waals surface area contributed by atoms with Crippen molar-refractivity contribution in [1.29, 1.82) is 0 Å². The van der Waals surface area contributed by atoms with E-state index in [4.69, 9.17) is 14.6 Å². The van der Waals surface area contributed by atoms with Crippen molar-refractivity contribution in [2.45, 2.75) is 45.3 Å². The lowest BCUT2D eigenvalue weighted by Gasteiger charge is -2.24. The van der Waals surface area contributed by atoms with E-state index in [1.807, 2.05) is 6.92 Å². The van der Waals surface area contributed by atoms with Crippen LogP contribution in [-0.2, 0) is 14.3 Å². The molecular formula is C13H25NO4. The van der Waals surface area contributed by atoms with Crippen LogP contribution in [-0.4, -0.2) is 61.0 Å². The van der Waals surface area contributed by atoms with Gasteiger partial charge in [-0.05, 0) is 32.7 Å². The van der Waals surface area contributed by atoms with Gasteiger partial charge in [0.2, 0.25) is 0 Å². The van der Waals surface area contributed by atoms with Gasteiger partial charge in [-0.3, -0.25) is 0 Å². The van der Waals surface area contributed by atoms with E-state index in [2.05, 4.69) is 11.8 Å². The third kappa shape index (κ3) is 5.33. The summed E-state index contributed by atoms with van der Waals surface area (Å²) in [6.07, 6.45) is 2.42. The Kier molecular flexibility index (Phi) is 7.23. The number of nitrogens with zero attached hydrogens (tertiary/aromatic N) is 1. The van der Waals surface area contributed by atoms with Crippen LogP contribution in [0.25, 0.3) is 0 Å². The van der Waals surface area contributed by atoms with E-state index in [1.165, 1.54) is 0 Å². The second kappa shape index (κ2) is 8.45. The predicted molar refractivity (Wildman–Crippen MR) is 68.8 cm³/mol. The van der Waals surface area contributed by atoms with Gasteiger partial charge in [0.1, 0.15) is 0 Å². The van der Waals surface area contributed by atoms with Gasteiger partial charge in [0.25, 0.3) is 0 Å². The van der Waals surface area contributed by atoms with Crippen molar-refractivity contribution in [3.63, 3.8) is 0 Å². The molecule has 5 nitrogen and oxygen atoms in total. The van der Waals surface area contributed by atoms with E-state index < -0.39 is 12.1 Å². The van der Waals surface area contributed by atoms with Crippen LogP contribution >= 0.6 is 0 Å². The lowest BCUT2D eigenvalue weighted by Crippen LogP contribution is -2.36. The van der Waals surface area contributed by atoms with E-state index in [0.717, 1.165) is 39.1 Å². The van der Waals surface area contributed by atoms with Crippen LogP contribution in [0.3, 0.4) is 0 Å². The first kappa shape index (κ1) is 15.4. The third-order valence-corrected chi connectivity index (χ3v) is 3.28. The quantitative estimate of drug-likeness (QED) is 0.677. The molecule has 18 heavy (non-hydrogen) atoms. The molecule has 1 rings (SSSR count). The first-order chi connectivity index (χ1) is 8.67.